The summed E-state index contributed by atoms with van der Waals surface area (Å²) in [6.07, 6.45) is 0.0426. The van der Waals surface area contributed by atoms with Crippen LogP contribution in [-0.2, 0) is 4.57 Å². The first-order valence-electron chi connectivity index (χ1n) is 6.80. The highest BCUT2D eigenvalue weighted by atomic mass is 31.2. The molecule has 0 amide bonds. The molecule has 0 fully saturated rings. The molecule has 0 aromatic heterocycles. The zero-order chi connectivity index (χ0) is 17.7. The fourth-order valence-electron chi connectivity index (χ4n) is 1.73. The zero-order valence-electron chi connectivity index (χ0n) is 12.5. The van der Waals surface area contributed by atoms with Gasteiger partial charge in [0.25, 0.3) is 11.4 Å². The summed E-state index contributed by atoms with van der Waals surface area (Å²) in [5.41, 5.74) is -0.241. The Morgan fingerprint density at radius 3 is 1.42 bits per heavy atom. The van der Waals surface area contributed by atoms with Crippen LogP contribution in [0.5, 0.6) is 11.5 Å². The van der Waals surface area contributed by atoms with Crippen LogP contribution in [0, 0.1) is 20.2 Å². The number of nitrogens with zero attached hydrogens (tertiary/aromatic N) is 2. The van der Waals surface area contributed by atoms with Crippen molar-refractivity contribution in [2.24, 2.45) is 0 Å². The molecule has 0 saturated heterocycles. The van der Waals surface area contributed by atoms with E-state index in [1.54, 1.807) is 6.92 Å². The van der Waals surface area contributed by atoms with Gasteiger partial charge < -0.3 is 9.05 Å². The Labute approximate surface area is 136 Å². The Balaban J connectivity index is 2.14. The van der Waals surface area contributed by atoms with E-state index in [4.69, 9.17) is 9.05 Å². The number of non-ortho nitro benzene ring substituents is 2. The predicted molar refractivity (Wildman–Crippen MR) is 85.6 cm³/mol. The molecule has 0 atom stereocenters. The fraction of sp³-hybridized carbons (Fsp3) is 0.143. The van der Waals surface area contributed by atoms with Gasteiger partial charge in [0.05, 0.1) is 16.0 Å². The number of benzene rings is 2. The largest absolute Gasteiger partial charge is 0.430 e. The Morgan fingerprint density at radius 2 is 1.17 bits per heavy atom. The van der Waals surface area contributed by atoms with E-state index >= 15 is 0 Å². The van der Waals surface area contributed by atoms with Gasteiger partial charge in [-0.3, -0.25) is 20.2 Å². The van der Waals surface area contributed by atoms with Crippen LogP contribution in [0.25, 0.3) is 0 Å². The quantitative estimate of drug-likeness (QED) is 0.416. The molecule has 0 unspecified atom stereocenters. The lowest BCUT2D eigenvalue weighted by Gasteiger charge is -2.18. The van der Waals surface area contributed by atoms with Gasteiger partial charge in [-0.25, -0.2) is 4.57 Å². The molecule has 0 bridgehead atoms. The van der Waals surface area contributed by atoms with E-state index < -0.39 is 17.4 Å². The van der Waals surface area contributed by atoms with Crippen LogP contribution >= 0.6 is 7.60 Å². The van der Waals surface area contributed by atoms with Crippen LogP contribution in [0.4, 0.5) is 11.4 Å². The van der Waals surface area contributed by atoms with E-state index in [9.17, 15) is 24.8 Å². The van der Waals surface area contributed by atoms with Crippen molar-refractivity contribution >= 4 is 19.0 Å². The minimum atomic E-state index is -3.56. The van der Waals surface area contributed by atoms with Gasteiger partial charge in [0.1, 0.15) is 11.5 Å². The fourth-order valence-corrected chi connectivity index (χ4v) is 2.91. The maximum absolute atomic E-state index is 12.6. The van der Waals surface area contributed by atoms with E-state index in [1.807, 2.05) is 0 Å². The molecule has 2 aromatic carbocycles. The Kier molecular flexibility index (Phi) is 5.15. The van der Waals surface area contributed by atoms with Crippen molar-refractivity contribution in [1.29, 1.82) is 0 Å². The molecular formula is C14H13N2O7P. The summed E-state index contributed by atoms with van der Waals surface area (Å²) in [5, 5.41) is 21.2. The van der Waals surface area contributed by atoms with E-state index in [0.29, 0.717) is 0 Å². The molecule has 24 heavy (non-hydrogen) atoms. The van der Waals surface area contributed by atoms with E-state index in [-0.39, 0.29) is 29.0 Å². The third-order valence-corrected chi connectivity index (χ3v) is 4.72. The van der Waals surface area contributed by atoms with Crippen LogP contribution in [0.15, 0.2) is 48.5 Å². The van der Waals surface area contributed by atoms with Crippen molar-refractivity contribution in [2.45, 2.75) is 6.92 Å². The molecule has 126 valence electrons. The highest BCUT2D eigenvalue weighted by molar-refractivity contribution is 7.54. The van der Waals surface area contributed by atoms with Crippen molar-refractivity contribution in [3.8, 4) is 11.5 Å². The number of nitro benzene ring substituents is 2. The molecule has 0 aliphatic rings. The molecule has 0 spiro atoms. The van der Waals surface area contributed by atoms with Crippen molar-refractivity contribution in [3.63, 3.8) is 0 Å². The van der Waals surface area contributed by atoms with Crippen LogP contribution in [-0.4, -0.2) is 16.0 Å². The number of nitro groups is 2. The summed E-state index contributed by atoms with van der Waals surface area (Å²) < 4.78 is 23.3. The van der Waals surface area contributed by atoms with Gasteiger partial charge in [0.2, 0.25) is 0 Å². The smallest absolute Gasteiger partial charge is 0.416 e. The van der Waals surface area contributed by atoms with Gasteiger partial charge in [-0.2, -0.15) is 0 Å². The van der Waals surface area contributed by atoms with Crippen LogP contribution < -0.4 is 9.05 Å². The van der Waals surface area contributed by atoms with Gasteiger partial charge in [-0.05, 0) is 24.3 Å². The summed E-state index contributed by atoms with van der Waals surface area (Å²) in [7, 11) is -3.56. The first kappa shape index (κ1) is 17.4. The monoisotopic (exact) mass is 352 g/mol. The second kappa shape index (κ2) is 7.10. The normalized spacial score (nSPS) is 10.9. The van der Waals surface area contributed by atoms with Gasteiger partial charge in [-0.15, -0.1) is 0 Å². The molecule has 0 aliphatic carbocycles. The Morgan fingerprint density at radius 1 is 0.833 bits per heavy atom. The van der Waals surface area contributed by atoms with E-state index in [2.05, 4.69) is 0 Å². The number of rotatable bonds is 7. The van der Waals surface area contributed by atoms with Crippen molar-refractivity contribution < 1.29 is 23.5 Å². The molecule has 0 aliphatic heterocycles. The number of hydrogen-bond donors (Lipinski definition) is 0. The van der Waals surface area contributed by atoms with Gasteiger partial charge >= 0.3 is 7.60 Å². The minimum absolute atomic E-state index is 0.0426. The van der Waals surface area contributed by atoms with Crippen LogP contribution in [0.2, 0.25) is 0 Å². The average molecular weight is 352 g/mol. The summed E-state index contributed by atoms with van der Waals surface area (Å²) >= 11 is 0. The average Bonchev–Trinajstić information content (AvgIpc) is 2.55. The van der Waals surface area contributed by atoms with E-state index in [0.717, 1.165) is 0 Å². The predicted octanol–water partition coefficient (Wildman–Crippen LogP) is 4.17. The number of hydrogen-bond acceptors (Lipinski definition) is 7. The van der Waals surface area contributed by atoms with Gasteiger partial charge in [-0.1, -0.05) is 6.92 Å². The van der Waals surface area contributed by atoms with Crippen molar-refractivity contribution in [1.82, 2.24) is 0 Å². The lowest BCUT2D eigenvalue weighted by molar-refractivity contribution is -0.385. The maximum atomic E-state index is 12.6. The summed E-state index contributed by atoms with van der Waals surface area (Å²) in [5.74, 6) is 0.320. The highest BCUT2D eigenvalue weighted by Crippen LogP contribution is 2.48. The second-order valence-electron chi connectivity index (χ2n) is 4.61. The first-order chi connectivity index (χ1) is 11.3. The maximum Gasteiger partial charge on any atom is 0.430 e. The lowest BCUT2D eigenvalue weighted by Crippen LogP contribution is -2.03. The minimum Gasteiger partial charge on any atom is -0.416 e. The third-order valence-electron chi connectivity index (χ3n) is 2.97. The summed E-state index contributed by atoms with van der Waals surface area (Å²) in [4.78, 5) is 20.1. The SMILES string of the molecule is CCP(=O)(Oc1ccc([N+](=O)[O-])cc1)Oc1ccc([N+](=O)[O-])cc1. The second-order valence-corrected chi connectivity index (χ2v) is 6.83. The molecular weight excluding hydrogens is 339 g/mol. The molecule has 0 saturated carbocycles. The molecule has 0 N–H and O–H groups in total. The van der Waals surface area contributed by atoms with Crippen LogP contribution in [0.3, 0.4) is 0 Å². The highest BCUT2D eigenvalue weighted by Gasteiger charge is 2.26. The van der Waals surface area contributed by atoms with E-state index in [1.165, 1.54) is 48.5 Å². The standard InChI is InChI=1S/C14H13N2O7P/c1-2-24(21,22-13-7-3-11(4-8-13)15(17)18)23-14-9-5-12(6-10-14)16(19)20/h3-10H,2H2,1H3. The summed E-state index contributed by atoms with van der Waals surface area (Å²) in [6.45, 7) is 1.59. The van der Waals surface area contributed by atoms with Crippen LogP contribution in [0.1, 0.15) is 6.92 Å². The van der Waals surface area contributed by atoms with Gasteiger partial charge in [0, 0.05) is 24.3 Å². The Bertz CT molecular complexity index is 726. The van der Waals surface area contributed by atoms with Crippen molar-refractivity contribution in [3.05, 3.63) is 68.8 Å². The third kappa shape index (κ3) is 4.30. The van der Waals surface area contributed by atoms with Crippen molar-refractivity contribution in [2.75, 3.05) is 6.16 Å². The van der Waals surface area contributed by atoms with Gasteiger partial charge in [0.15, 0.2) is 0 Å². The topological polar surface area (TPSA) is 122 Å². The molecule has 2 aromatic rings. The molecule has 2 rings (SSSR count). The zero-order valence-corrected chi connectivity index (χ0v) is 13.4. The first-order valence-corrected chi connectivity index (χ1v) is 8.53. The molecule has 0 heterocycles. The molecule has 10 heteroatoms. The molecule has 9 nitrogen and oxygen atoms in total. The summed E-state index contributed by atoms with van der Waals surface area (Å²) in [6, 6.07) is 10.2. The lowest BCUT2D eigenvalue weighted by atomic mass is 10.3. The Hall–Kier alpha value is -2.93. The molecule has 0 radical (unpaired) electrons.